The number of carbonyl (C=O) groups excluding carboxylic acids is 1. The van der Waals surface area contributed by atoms with E-state index in [1.54, 1.807) is 31.4 Å². The van der Waals surface area contributed by atoms with Gasteiger partial charge in [-0.3, -0.25) is 14.0 Å². The van der Waals surface area contributed by atoms with Gasteiger partial charge in [-0.05, 0) is 89.7 Å². The Bertz CT molecular complexity index is 1480. The Morgan fingerprint density at radius 2 is 1.84 bits per heavy atom. The number of benzene rings is 2. The minimum absolute atomic E-state index is 0.0982. The van der Waals surface area contributed by atoms with E-state index in [0.717, 1.165) is 27.2 Å². The average Bonchev–Trinajstić information content (AvgIpc) is 3.09. The Morgan fingerprint density at radius 1 is 1.11 bits per heavy atom. The molecule has 2 aromatic carbocycles. The lowest BCUT2D eigenvalue weighted by molar-refractivity contribution is -0.763. The van der Waals surface area contributed by atoms with Crippen LogP contribution in [-0.2, 0) is 27.0 Å². The number of hydrogen-bond donors (Lipinski definition) is 0. The number of rotatable bonds is 8. The van der Waals surface area contributed by atoms with Crippen LogP contribution in [0, 0.1) is 22.9 Å². The van der Waals surface area contributed by atoms with Gasteiger partial charge < -0.3 is 9.57 Å². The number of hydrogen-bond acceptors (Lipinski definition) is 7. The Balaban J connectivity index is 1.59. The van der Waals surface area contributed by atoms with E-state index in [9.17, 15) is 23.5 Å². The molecule has 0 aliphatic heterocycles. The molecule has 1 aliphatic rings. The van der Waals surface area contributed by atoms with Crippen molar-refractivity contribution < 1.29 is 28.1 Å². The fraction of sp³-hybridized carbons (Fsp3) is 0.185. The van der Waals surface area contributed by atoms with Gasteiger partial charge in [-0.25, -0.2) is 4.39 Å². The summed E-state index contributed by atoms with van der Waals surface area (Å²) in [6.45, 7) is 3.17. The number of aryl methyl sites for hydroxylation is 1. The third-order valence-electron chi connectivity index (χ3n) is 5.93. The summed E-state index contributed by atoms with van der Waals surface area (Å²) >= 11 is 0. The molecule has 0 bridgehead atoms. The second-order valence-corrected chi connectivity index (χ2v) is 9.79. The highest BCUT2D eigenvalue weighted by Gasteiger charge is 2.26. The first-order chi connectivity index (χ1) is 17.6. The van der Waals surface area contributed by atoms with E-state index < -0.39 is 27.7 Å². The molecule has 3 aromatic rings. The monoisotopic (exact) mass is 522 g/mol. The molecule has 1 aliphatic carbocycles. The lowest BCUT2D eigenvalue weighted by atomic mass is 10.0. The van der Waals surface area contributed by atoms with Crippen molar-refractivity contribution >= 4 is 34.0 Å². The maximum Gasteiger partial charge on any atom is 0.315 e. The van der Waals surface area contributed by atoms with E-state index >= 15 is 0 Å². The molecule has 1 heterocycles. The molecular formula is C27H23FN2O6S. The zero-order valence-electron chi connectivity index (χ0n) is 20.3. The number of ether oxygens (including phenoxy) is 1. The third-order valence-corrected chi connectivity index (χ3v) is 6.87. The second-order valence-electron chi connectivity index (χ2n) is 8.41. The number of halogens is 1. The van der Waals surface area contributed by atoms with Crippen molar-refractivity contribution in [3.05, 3.63) is 104 Å². The SMILES string of the molecule is CC1=C(CC(=O)Oc2ccc(CO[N+](=O)[O-])nc2C)c2cc(F)ccc2C1=Cc1ccc(S(C)=O)cc1. The summed E-state index contributed by atoms with van der Waals surface area (Å²) in [6, 6.07) is 14.8. The molecule has 0 spiro atoms. The van der Waals surface area contributed by atoms with Crippen LogP contribution >= 0.6 is 0 Å². The van der Waals surface area contributed by atoms with Crippen molar-refractivity contribution in [1.82, 2.24) is 4.98 Å². The maximum atomic E-state index is 14.2. The molecular weight excluding hydrogens is 499 g/mol. The van der Waals surface area contributed by atoms with Crippen molar-refractivity contribution in [3.63, 3.8) is 0 Å². The molecule has 8 nitrogen and oxygen atoms in total. The highest BCUT2D eigenvalue weighted by Crippen LogP contribution is 2.44. The van der Waals surface area contributed by atoms with Crippen molar-refractivity contribution in [3.8, 4) is 5.75 Å². The normalized spacial score (nSPS) is 14.4. The Hall–Kier alpha value is -4.18. The van der Waals surface area contributed by atoms with Gasteiger partial charge in [0.05, 0.1) is 17.8 Å². The molecule has 4 rings (SSSR count). The van der Waals surface area contributed by atoms with Gasteiger partial charge in [-0.15, -0.1) is 10.1 Å². The zero-order valence-corrected chi connectivity index (χ0v) is 21.1. The summed E-state index contributed by atoms with van der Waals surface area (Å²) in [4.78, 5) is 32.5. The number of pyridine rings is 1. The first-order valence-electron chi connectivity index (χ1n) is 11.2. The number of carbonyl (C=O) groups is 1. The number of fused-ring (bicyclic) bond motifs is 1. The second kappa shape index (κ2) is 10.8. The summed E-state index contributed by atoms with van der Waals surface area (Å²) in [7, 11) is -1.08. The lowest BCUT2D eigenvalue weighted by Gasteiger charge is -2.10. The van der Waals surface area contributed by atoms with Crippen LogP contribution in [0.5, 0.6) is 5.75 Å². The molecule has 0 radical (unpaired) electrons. The number of aromatic nitrogens is 1. The van der Waals surface area contributed by atoms with Gasteiger partial charge >= 0.3 is 5.97 Å². The number of allylic oxidation sites excluding steroid dienone is 2. The Kier molecular flexibility index (Phi) is 7.58. The summed E-state index contributed by atoms with van der Waals surface area (Å²) in [6.07, 6.45) is 3.47. The van der Waals surface area contributed by atoms with E-state index in [4.69, 9.17) is 4.74 Å². The van der Waals surface area contributed by atoms with Gasteiger partial charge in [0.1, 0.15) is 12.4 Å². The largest absolute Gasteiger partial charge is 0.424 e. The van der Waals surface area contributed by atoms with Crippen LogP contribution in [0.25, 0.3) is 17.2 Å². The molecule has 0 saturated carbocycles. The fourth-order valence-corrected chi connectivity index (χ4v) is 4.63. The molecule has 0 fully saturated rings. The van der Waals surface area contributed by atoms with Crippen LogP contribution in [-0.4, -0.2) is 26.5 Å². The first kappa shape index (κ1) is 25.9. The number of nitrogens with zero attached hydrogens (tertiary/aromatic N) is 2. The minimum Gasteiger partial charge on any atom is -0.424 e. The Labute approximate surface area is 215 Å². The Morgan fingerprint density at radius 3 is 2.49 bits per heavy atom. The van der Waals surface area contributed by atoms with Crippen molar-refractivity contribution in [2.24, 2.45) is 0 Å². The van der Waals surface area contributed by atoms with Gasteiger partial charge in [-0.1, -0.05) is 18.2 Å². The molecule has 1 unspecified atom stereocenters. The van der Waals surface area contributed by atoms with Crippen molar-refractivity contribution in [2.75, 3.05) is 6.26 Å². The highest BCUT2D eigenvalue weighted by atomic mass is 32.2. The summed E-state index contributed by atoms with van der Waals surface area (Å²) in [5.41, 5.74) is 5.33. The standard InChI is InChI=1S/C27H23FN2O6S/c1-16-23(12-18-4-8-21(9-5-18)37(3)34)22-10-6-19(28)13-25(22)24(16)14-27(31)36-26-11-7-20(29-17(26)2)15-35-30(32)33/h4-13H,14-15H2,1-3H3. The molecule has 0 amide bonds. The lowest BCUT2D eigenvalue weighted by Crippen LogP contribution is -2.11. The van der Waals surface area contributed by atoms with Crippen LogP contribution in [0.2, 0.25) is 0 Å². The van der Waals surface area contributed by atoms with E-state index in [0.29, 0.717) is 22.5 Å². The first-order valence-corrected chi connectivity index (χ1v) is 12.8. The molecule has 1 atom stereocenters. The molecule has 0 saturated heterocycles. The van der Waals surface area contributed by atoms with Crippen LogP contribution in [0.15, 0.2) is 65.1 Å². The quantitative estimate of drug-likeness (QED) is 0.224. The predicted molar refractivity (Wildman–Crippen MR) is 137 cm³/mol. The summed E-state index contributed by atoms with van der Waals surface area (Å²) in [5.74, 6) is -0.754. The van der Waals surface area contributed by atoms with Gasteiger partial charge in [0, 0.05) is 22.0 Å². The fourth-order valence-electron chi connectivity index (χ4n) is 4.11. The van der Waals surface area contributed by atoms with Crippen LogP contribution < -0.4 is 4.74 Å². The van der Waals surface area contributed by atoms with Crippen LogP contribution in [0.1, 0.15) is 41.4 Å². The average molecular weight is 523 g/mol. The van der Waals surface area contributed by atoms with Crippen LogP contribution in [0.3, 0.4) is 0 Å². The molecule has 190 valence electrons. The highest BCUT2D eigenvalue weighted by molar-refractivity contribution is 7.84. The summed E-state index contributed by atoms with van der Waals surface area (Å²) < 4.78 is 31.4. The smallest absolute Gasteiger partial charge is 0.315 e. The van der Waals surface area contributed by atoms with Gasteiger partial charge in [0.2, 0.25) is 0 Å². The van der Waals surface area contributed by atoms with Gasteiger partial charge in [-0.2, -0.15) is 0 Å². The van der Waals surface area contributed by atoms with Crippen LogP contribution in [0.4, 0.5) is 4.39 Å². The molecule has 10 heteroatoms. The van der Waals surface area contributed by atoms with E-state index in [1.807, 2.05) is 25.1 Å². The number of esters is 1. The third kappa shape index (κ3) is 5.97. The zero-order chi connectivity index (χ0) is 26.7. The maximum absolute atomic E-state index is 14.2. The van der Waals surface area contributed by atoms with Gasteiger partial charge in [0.25, 0.3) is 5.09 Å². The van der Waals surface area contributed by atoms with E-state index in [-0.39, 0.29) is 18.8 Å². The van der Waals surface area contributed by atoms with Crippen molar-refractivity contribution in [2.45, 2.75) is 31.8 Å². The van der Waals surface area contributed by atoms with E-state index in [2.05, 4.69) is 9.82 Å². The molecule has 37 heavy (non-hydrogen) atoms. The van der Waals surface area contributed by atoms with E-state index in [1.165, 1.54) is 24.3 Å². The van der Waals surface area contributed by atoms with Gasteiger partial charge in [0.15, 0.2) is 5.75 Å². The van der Waals surface area contributed by atoms with Crippen molar-refractivity contribution in [1.29, 1.82) is 0 Å². The summed E-state index contributed by atoms with van der Waals surface area (Å²) in [5, 5.41) is 9.47. The minimum atomic E-state index is -1.08. The molecule has 1 aromatic heterocycles. The predicted octanol–water partition coefficient (Wildman–Crippen LogP) is 5.30. The topological polar surface area (TPSA) is 109 Å². The molecule has 0 N–H and O–H groups in total.